The highest BCUT2D eigenvalue weighted by Crippen LogP contribution is 2.15. The summed E-state index contributed by atoms with van der Waals surface area (Å²) in [4.78, 5) is 25.0. The average Bonchev–Trinajstić information content (AvgIpc) is 2.95. The maximum absolute atomic E-state index is 12.3. The summed E-state index contributed by atoms with van der Waals surface area (Å²) in [6, 6.07) is 16.4. The van der Waals surface area contributed by atoms with E-state index in [-0.39, 0.29) is 5.56 Å². The topological polar surface area (TPSA) is 76.6 Å². The predicted molar refractivity (Wildman–Crippen MR) is 96.3 cm³/mol. The molecule has 0 saturated carbocycles. The van der Waals surface area contributed by atoms with Crippen LogP contribution in [0.25, 0.3) is 21.2 Å². The number of nitrogens with zero attached hydrogens (tertiary/aromatic N) is 2. The first-order valence-electron chi connectivity index (χ1n) is 7.55. The van der Waals surface area contributed by atoms with E-state index in [1.165, 1.54) is 17.4 Å². The summed E-state index contributed by atoms with van der Waals surface area (Å²) in [5.41, 5.74) is 3.13. The van der Waals surface area contributed by atoms with Crippen molar-refractivity contribution in [3.05, 3.63) is 75.4 Å². The van der Waals surface area contributed by atoms with Crippen LogP contribution in [0.2, 0.25) is 0 Å². The fraction of sp³-hybridized carbons (Fsp3) is 0.0556. The maximum atomic E-state index is 12.3. The quantitative estimate of drug-likeness (QED) is 0.445. The summed E-state index contributed by atoms with van der Waals surface area (Å²) in [7, 11) is 1.87. The van der Waals surface area contributed by atoms with E-state index < -0.39 is 11.5 Å². The van der Waals surface area contributed by atoms with Crippen LogP contribution < -0.4 is 15.9 Å². The highest BCUT2D eigenvalue weighted by atomic mass is 32.1. The van der Waals surface area contributed by atoms with E-state index in [0.29, 0.717) is 15.8 Å². The Bertz CT molecular complexity index is 1230. The highest BCUT2D eigenvalue weighted by Gasteiger charge is 2.13. The molecule has 124 valence electrons. The second-order valence-electron chi connectivity index (χ2n) is 5.45. The zero-order chi connectivity index (χ0) is 17.4. The van der Waals surface area contributed by atoms with Crippen LogP contribution in [-0.4, -0.2) is 10.5 Å². The molecule has 0 bridgehead atoms. The summed E-state index contributed by atoms with van der Waals surface area (Å²) in [6.45, 7) is 0. The summed E-state index contributed by atoms with van der Waals surface area (Å²) in [5, 5.41) is 4.82. The molecular formula is C18H13N3O3S. The normalized spacial score (nSPS) is 12.0. The van der Waals surface area contributed by atoms with E-state index in [0.717, 1.165) is 10.2 Å². The van der Waals surface area contributed by atoms with Crippen molar-refractivity contribution in [1.82, 2.24) is 9.99 Å². The Balaban J connectivity index is 1.71. The zero-order valence-corrected chi connectivity index (χ0v) is 14.0. The molecule has 0 aliphatic heterocycles. The van der Waals surface area contributed by atoms with Crippen molar-refractivity contribution < 1.29 is 9.21 Å². The molecule has 2 heterocycles. The molecule has 0 spiro atoms. The van der Waals surface area contributed by atoms with Crippen molar-refractivity contribution in [2.24, 2.45) is 12.1 Å². The number of aromatic nitrogens is 1. The van der Waals surface area contributed by atoms with Crippen molar-refractivity contribution in [2.75, 3.05) is 0 Å². The summed E-state index contributed by atoms with van der Waals surface area (Å²) in [5.74, 6) is -0.600. The summed E-state index contributed by atoms with van der Waals surface area (Å²) in [6.07, 6.45) is 0. The zero-order valence-electron chi connectivity index (χ0n) is 13.2. The third-order valence-corrected chi connectivity index (χ3v) is 4.97. The number of fused-ring (bicyclic) bond motifs is 2. The van der Waals surface area contributed by atoms with Crippen LogP contribution in [0.1, 0.15) is 10.4 Å². The smallest absolute Gasteiger partial charge is 0.349 e. The largest absolute Gasteiger partial charge is 0.422 e. The highest BCUT2D eigenvalue weighted by molar-refractivity contribution is 7.16. The van der Waals surface area contributed by atoms with E-state index in [4.69, 9.17) is 4.42 Å². The predicted octanol–water partition coefficient (Wildman–Crippen LogP) is 2.59. The van der Waals surface area contributed by atoms with Gasteiger partial charge in [-0.05, 0) is 24.3 Å². The first-order valence-corrected chi connectivity index (χ1v) is 8.36. The van der Waals surface area contributed by atoms with Crippen molar-refractivity contribution in [2.45, 2.75) is 0 Å². The van der Waals surface area contributed by atoms with Gasteiger partial charge in [0.2, 0.25) is 4.80 Å². The van der Waals surface area contributed by atoms with Crippen molar-refractivity contribution in [1.29, 1.82) is 0 Å². The van der Waals surface area contributed by atoms with Crippen LogP contribution in [-0.2, 0) is 7.05 Å². The van der Waals surface area contributed by atoms with E-state index in [1.54, 1.807) is 18.2 Å². The Morgan fingerprint density at radius 3 is 2.76 bits per heavy atom. The molecule has 1 N–H and O–H groups in total. The number of hydrogen-bond acceptors (Lipinski definition) is 5. The van der Waals surface area contributed by atoms with Gasteiger partial charge in [-0.1, -0.05) is 41.7 Å². The first-order chi connectivity index (χ1) is 12.1. The van der Waals surface area contributed by atoms with E-state index in [1.807, 2.05) is 41.9 Å². The molecule has 0 saturated heterocycles. The van der Waals surface area contributed by atoms with Gasteiger partial charge in [0.25, 0.3) is 5.91 Å². The van der Waals surface area contributed by atoms with Gasteiger partial charge in [-0.2, -0.15) is 0 Å². The number of aryl methyl sites for hydroxylation is 1. The Kier molecular flexibility index (Phi) is 3.70. The van der Waals surface area contributed by atoms with Crippen LogP contribution in [0.5, 0.6) is 0 Å². The molecule has 0 radical (unpaired) electrons. The van der Waals surface area contributed by atoms with Gasteiger partial charge in [0.05, 0.1) is 10.2 Å². The Morgan fingerprint density at radius 2 is 1.92 bits per heavy atom. The number of thiazole rings is 1. The minimum absolute atomic E-state index is 0.0776. The van der Waals surface area contributed by atoms with Crippen molar-refractivity contribution in [3.8, 4) is 0 Å². The maximum Gasteiger partial charge on any atom is 0.349 e. The molecule has 0 fully saturated rings. The molecule has 2 aromatic heterocycles. The molecule has 0 aliphatic carbocycles. The number of amides is 1. The summed E-state index contributed by atoms with van der Waals surface area (Å²) >= 11 is 1.45. The van der Waals surface area contributed by atoms with E-state index >= 15 is 0 Å². The molecule has 0 atom stereocenters. The number of benzene rings is 2. The van der Waals surface area contributed by atoms with Crippen LogP contribution in [0.4, 0.5) is 0 Å². The van der Waals surface area contributed by atoms with E-state index in [2.05, 4.69) is 10.5 Å². The lowest BCUT2D eigenvalue weighted by molar-refractivity contribution is 0.0949. The van der Waals surface area contributed by atoms with Gasteiger partial charge >= 0.3 is 5.63 Å². The molecule has 0 aliphatic rings. The number of carbonyl (C=O) groups excluding carboxylic acids is 1. The van der Waals surface area contributed by atoms with Gasteiger partial charge in [0.15, 0.2) is 0 Å². The molecule has 7 heteroatoms. The minimum Gasteiger partial charge on any atom is -0.422 e. The molecule has 4 aromatic rings. The van der Waals surface area contributed by atoms with Crippen molar-refractivity contribution in [3.63, 3.8) is 0 Å². The lowest BCUT2D eigenvalue weighted by Gasteiger charge is -2.01. The molecule has 2 aromatic carbocycles. The fourth-order valence-electron chi connectivity index (χ4n) is 2.57. The van der Waals surface area contributed by atoms with Gasteiger partial charge in [0, 0.05) is 12.4 Å². The lowest BCUT2D eigenvalue weighted by atomic mass is 10.2. The van der Waals surface area contributed by atoms with Gasteiger partial charge < -0.3 is 8.98 Å². The number of rotatable bonds is 2. The Hall–Kier alpha value is -3.19. The number of para-hydroxylation sites is 2. The number of carbonyl (C=O) groups is 1. The van der Waals surface area contributed by atoms with E-state index in [9.17, 15) is 9.59 Å². The Labute approximate surface area is 145 Å². The Morgan fingerprint density at radius 1 is 1.16 bits per heavy atom. The van der Waals surface area contributed by atoms with Crippen LogP contribution in [0, 0.1) is 0 Å². The number of nitrogens with one attached hydrogen (secondary N) is 1. The molecule has 4 rings (SSSR count). The minimum atomic E-state index is -0.688. The first kappa shape index (κ1) is 15.3. The molecule has 25 heavy (non-hydrogen) atoms. The van der Waals surface area contributed by atoms with Gasteiger partial charge in [-0.3, -0.25) is 4.79 Å². The summed E-state index contributed by atoms with van der Waals surface area (Å²) < 4.78 is 8.11. The molecular weight excluding hydrogens is 338 g/mol. The third-order valence-electron chi connectivity index (χ3n) is 3.85. The lowest BCUT2D eigenvalue weighted by Crippen LogP contribution is -2.27. The van der Waals surface area contributed by atoms with Crippen molar-refractivity contribution >= 4 is 38.4 Å². The standard InChI is InChI=1S/C18H13N3O3S/c1-21-13-7-3-5-9-15(13)25-18(21)20-19-16(22)12-10-11-6-2-4-8-14(11)24-17(12)23/h2-10H,1H3,(H,19,22). The molecule has 1 amide bonds. The van der Waals surface area contributed by atoms with Crippen LogP contribution >= 0.6 is 11.3 Å². The monoisotopic (exact) mass is 351 g/mol. The van der Waals surface area contributed by atoms with Crippen LogP contribution in [0.15, 0.2) is 68.9 Å². The average molecular weight is 351 g/mol. The van der Waals surface area contributed by atoms with Gasteiger partial charge in [-0.25, -0.2) is 10.2 Å². The fourth-order valence-corrected chi connectivity index (χ4v) is 3.55. The van der Waals surface area contributed by atoms with Crippen LogP contribution in [0.3, 0.4) is 0 Å². The van der Waals surface area contributed by atoms with Gasteiger partial charge in [-0.15, -0.1) is 5.10 Å². The SMILES string of the molecule is Cn1c(=NNC(=O)c2cc3ccccc3oc2=O)sc2ccccc21. The second kappa shape index (κ2) is 6.03. The van der Waals surface area contributed by atoms with Gasteiger partial charge in [0.1, 0.15) is 11.1 Å². The third kappa shape index (κ3) is 2.74. The number of hydrogen-bond donors (Lipinski definition) is 1. The molecule has 6 nitrogen and oxygen atoms in total. The molecule has 0 unspecified atom stereocenters. The second-order valence-corrected chi connectivity index (χ2v) is 6.46.